The van der Waals surface area contributed by atoms with Gasteiger partial charge in [-0.25, -0.2) is 17.7 Å². The van der Waals surface area contributed by atoms with E-state index in [0.29, 0.717) is 23.5 Å². The highest BCUT2D eigenvalue weighted by molar-refractivity contribution is 6.50. The van der Waals surface area contributed by atoms with Gasteiger partial charge >= 0.3 is 7.25 Å². The van der Waals surface area contributed by atoms with Crippen LogP contribution in [-0.2, 0) is 13.0 Å². The summed E-state index contributed by atoms with van der Waals surface area (Å²) in [6, 6.07) is 0. The third-order valence-corrected chi connectivity index (χ3v) is 3.02. The van der Waals surface area contributed by atoms with E-state index in [4.69, 9.17) is 0 Å². The zero-order valence-electron chi connectivity index (χ0n) is 12.1. The maximum atomic E-state index is 13.6. The van der Waals surface area contributed by atoms with Gasteiger partial charge in [-0.3, -0.25) is 0 Å². The number of aromatic nitrogens is 3. The Morgan fingerprint density at radius 3 is 1.76 bits per heavy atom. The van der Waals surface area contributed by atoms with Gasteiger partial charge in [0.1, 0.15) is 0 Å². The number of benzene rings is 1. The van der Waals surface area contributed by atoms with E-state index in [1.165, 1.54) is 6.33 Å². The van der Waals surface area contributed by atoms with Gasteiger partial charge in [-0.05, 0) is 6.42 Å². The lowest BCUT2D eigenvalue weighted by atomic mass is 10.2. The summed E-state index contributed by atoms with van der Waals surface area (Å²) in [5.74, 6) is -9.37. The first-order valence-electron chi connectivity index (χ1n) is 6.37. The molecule has 3 nitrogen and oxygen atoms in total. The summed E-state index contributed by atoms with van der Waals surface area (Å²) in [7, 11) is -6.00. The van der Waals surface area contributed by atoms with Crippen LogP contribution in [0, 0.1) is 29.1 Å². The fourth-order valence-electron chi connectivity index (χ4n) is 2.10. The van der Waals surface area contributed by atoms with Crippen LogP contribution in [0.5, 0.6) is 0 Å². The second-order valence-corrected chi connectivity index (χ2v) is 4.69. The lowest BCUT2D eigenvalue weighted by Gasteiger charge is -2.03. The van der Waals surface area contributed by atoms with Crippen molar-refractivity contribution in [2.45, 2.75) is 19.4 Å². The highest BCUT2D eigenvalue weighted by Gasteiger charge is 2.33. The molecule has 14 heteroatoms. The fraction of sp³-hybridized carbons (Fsp3) is 0.273. The number of hydrogen-bond donors (Lipinski definition) is 0. The van der Waals surface area contributed by atoms with Crippen LogP contribution in [-0.4, -0.2) is 25.4 Å². The van der Waals surface area contributed by atoms with Crippen molar-refractivity contribution in [2.24, 2.45) is 0 Å². The molecule has 135 valence electrons. The monoisotopic (exact) mass is 374 g/mol. The molecule has 2 aromatic rings. The summed E-state index contributed by atoms with van der Waals surface area (Å²) in [5.41, 5.74) is -1.06. The standard InChI is InChI=1S/C11H7F5N3.BF4.B/c12-6-7(13)9(15)11(10(16)8(6)14)19-4-18-3-1-2-5(18)17-19;2-1(3,4)5;/h4H,1-3H2;;/q+1;-1;. The minimum atomic E-state index is -6.00. The molecule has 0 bridgehead atoms. The molecule has 0 spiro atoms. The van der Waals surface area contributed by atoms with Gasteiger partial charge < -0.3 is 17.3 Å². The molecule has 0 aliphatic carbocycles. The van der Waals surface area contributed by atoms with Gasteiger partial charge in [0.05, 0.1) is 6.54 Å². The molecule has 0 saturated heterocycles. The van der Waals surface area contributed by atoms with Crippen molar-refractivity contribution in [1.82, 2.24) is 9.78 Å². The Bertz CT molecular complexity index is 719. The summed E-state index contributed by atoms with van der Waals surface area (Å²) in [4.78, 5) is 0. The average Bonchev–Trinajstić information content (AvgIpc) is 3.03. The Labute approximate surface area is 136 Å². The summed E-state index contributed by atoms with van der Waals surface area (Å²) >= 11 is 0. The van der Waals surface area contributed by atoms with Crippen LogP contribution in [0.3, 0.4) is 0 Å². The molecule has 1 aliphatic heterocycles. The van der Waals surface area contributed by atoms with Crippen molar-refractivity contribution in [2.75, 3.05) is 0 Å². The molecule has 0 atom stereocenters. The molecule has 1 aliphatic rings. The van der Waals surface area contributed by atoms with Crippen LogP contribution in [0.15, 0.2) is 6.33 Å². The molecule has 0 fully saturated rings. The van der Waals surface area contributed by atoms with E-state index in [1.807, 2.05) is 0 Å². The van der Waals surface area contributed by atoms with Gasteiger partial charge in [0, 0.05) is 19.9 Å². The first-order chi connectivity index (χ1) is 11.0. The van der Waals surface area contributed by atoms with Crippen molar-refractivity contribution in [1.29, 1.82) is 0 Å². The molecule has 1 aromatic carbocycles. The van der Waals surface area contributed by atoms with Crippen molar-refractivity contribution < 1.29 is 43.8 Å². The van der Waals surface area contributed by atoms with Crippen molar-refractivity contribution in [3.63, 3.8) is 0 Å². The van der Waals surface area contributed by atoms with Gasteiger partial charge in [0.15, 0.2) is 0 Å². The lowest BCUT2D eigenvalue weighted by molar-refractivity contribution is -0.691. The summed E-state index contributed by atoms with van der Waals surface area (Å²) in [5, 5.41) is 3.84. The molecule has 0 saturated carbocycles. The number of fused-ring (bicyclic) bond motifs is 1. The number of rotatable bonds is 1. The third-order valence-electron chi connectivity index (χ3n) is 3.02. The molecular formula is C11H7B2F9N3. The van der Waals surface area contributed by atoms with E-state index < -0.39 is 42.0 Å². The summed E-state index contributed by atoms with van der Waals surface area (Å²) in [6.45, 7) is 0.602. The topological polar surface area (TPSA) is 21.7 Å². The van der Waals surface area contributed by atoms with Gasteiger partial charge in [0.25, 0.3) is 5.82 Å². The number of hydrogen-bond acceptors (Lipinski definition) is 1. The number of aryl methyl sites for hydroxylation is 2. The Hall–Kier alpha value is -2.14. The SMILES string of the molecule is F[B-](F)(F)F.Fc1c(F)c(F)c(-n2c[n+]3c(n2)CCC3)c(F)c1F.[B]. The van der Waals surface area contributed by atoms with Crippen LogP contribution in [0.2, 0.25) is 0 Å². The van der Waals surface area contributed by atoms with E-state index in [2.05, 4.69) is 5.10 Å². The maximum absolute atomic E-state index is 13.6. The van der Waals surface area contributed by atoms with Crippen molar-refractivity contribution in [3.05, 3.63) is 41.2 Å². The Kier molecular flexibility index (Phi) is 6.18. The minimum absolute atomic E-state index is 0. The van der Waals surface area contributed by atoms with Gasteiger partial charge in [-0.2, -0.15) is 8.78 Å². The van der Waals surface area contributed by atoms with E-state index in [0.717, 1.165) is 6.42 Å². The molecule has 3 rings (SSSR count). The van der Waals surface area contributed by atoms with E-state index in [9.17, 15) is 39.2 Å². The van der Waals surface area contributed by atoms with E-state index in [-0.39, 0.29) is 8.41 Å². The molecule has 25 heavy (non-hydrogen) atoms. The fourth-order valence-corrected chi connectivity index (χ4v) is 2.10. The largest absolute Gasteiger partial charge is 0.673 e. The molecule has 0 amide bonds. The quantitative estimate of drug-likeness (QED) is 0.248. The Balaban J connectivity index is 0.000000462. The smallest absolute Gasteiger partial charge is 0.418 e. The average molecular weight is 374 g/mol. The number of halogens is 9. The molecule has 3 radical (unpaired) electrons. The predicted molar refractivity (Wildman–Crippen MR) is 67.8 cm³/mol. The highest BCUT2D eigenvalue weighted by Crippen LogP contribution is 2.25. The van der Waals surface area contributed by atoms with Crippen LogP contribution >= 0.6 is 0 Å². The van der Waals surface area contributed by atoms with Crippen LogP contribution < -0.4 is 4.57 Å². The van der Waals surface area contributed by atoms with Gasteiger partial charge in [-0.1, -0.05) is 4.68 Å². The van der Waals surface area contributed by atoms with Gasteiger partial charge in [-0.15, -0.1) is 0 Å². The van der Waals surface area contributed by atoms with E-state index >= 15 is 0 Å². The van der Waals surface area contributed by atoms with Crippen molar-refractivity contribution >= 4 is 15.7 Å². The van der Waals surface area contributed by atoms with Crippen LogP contribution in [0.4, 0.5) is 39.2 Å². The van der Waals surface area contributed by atoms with Crippen LogP contribution in [0.25, 0.3) is 5.69 Å². The second-order valence-electron chi connectivity index (χ2n) is 4.69. The lowest BCUT2D eigenvalue weighted by Crippen LogP contribution is -2.30. The maximum Gasteiger partial charge on any atom is 0.673 e. The summed E-state index contributed by atoms with van der Waals surface area (Å²) in [6.07, 6.45) is 2.66. The number of nitrogens with zero attached hydrogens (tertiary/aromatic N) is 3. The summed E-state index contributed by atoms with van der Waals surface area (Å²) < 4.78 is 107. The molecule has 0 unspecified atom stereocenters. The van der Waals surface area contributed by atoms with Crippen molar-refractivity contribution in [3.8, 4) is 5.69 Å². The molecule has 1 aromatic heterocycles. The zero-order chi connectivity index (χ0) is 18.2. The Morgan fingerprint density at radius 2 is 1.32 bits per heavy atom. The molecule has 0 N–H and O–H groups in total. The second kappa shape index (κ2) is 7.40. The van der Waals surface area contributed by atoms with Crippen LogP contribution in [0.1, 0.15) is 12.2 Å². The highest BCUT2D eigenvalue weighted by atomic mass is 19.5. The first-order valence-corrected chi connectivity index (χ1v) is 6.37. The molecule has 2 heterocycles. The van der Waals surface area contributed by atoms with E-state index in [1.54, 1.807) is 4.57 Å². The molecular weight excluding hydrogens is 367 g/mol. The predicted octanol–water partition coefficient (Wildman–Crippen LogP) is 2.72. The Morgan fingerprint density at radius 1 is 0.880 bits per heavy atom. The third kappa shape index (κ3) is 4.48. The first kappa shape index (κ1) is 20.9. The normalized spacial score (nSPS) is 13.0. The minimum Gasteiger partial charge on any atom is -0.418 e. The zero-order valence-corrected chi connectivity index (χ0v) is 12.1. The van der Waals surface area contributed by atoms with Gasteiger partial charge in [0.2, 0.25) is 41.1 Å².